The van der Waals surface area contributed by atoms with E-state index < -0.39 is 0 Å². The predicted octanol–water partition coefficient (Wildman–Crippen LogP) is 5.16. The lowest BCUT2D eigenvalue weighted by molar-refractivity contribution is 0.666. The van der Waals surface area contributed by atoms with Crippen LogP contribution in [0.25, 0.3) is 6.08 Å². The zero-order valence-corrected chi connectivity index (χ0v) is 11.3. The van der Waals surface area contributed by atoms with E-state index in [1.807, 2.05) is 0 Å². The highest BCUT2D eigenvalue weighted by atomic mass is 14.2. The van der Waals surface area contributed by atoms with Crippen LogP contribution in [0.4, 0.5) is 0 Å². The van der Waals surface area contributed by atoms with Gasteiger partial charge in [-0.1, -0.05) is 63.0 Å². The summed E-state index contributed by atoms with van der Waals surface area (Å²) >= 11 is 0. The van der Waals surface area contributed by atoms with Crippen molar-refractivity contribution >= 4 is 6.08 Å². The average Bonchev–Trinajstić information content (AvgIpc) is 2.77. The first-order valence-electron chi connectivity index (χ1n) is 7.14. The van der Waals surface area contributed by atoms with Crippen LogP contribution in [0.15, 0.2) is 23.8 Å². The van der Waals surface area contributed by atoms with Crippen molar-refractivity contribution in [1.82, 2.24) is 0 Å². The van der Waals surface area contributed by atoms with Gasteiger partial charge in [-0.3, -0.25) is 0 Å². The topological polar surface area (TPSA) is 0 Å². The van der Waals surface area contributed by atoms with Crippen molar-refractivity contribution in [1.29, 1.82) is 0 Å². The molecule has 0 heterocycles. The maximum absolute atomic E-state index is 2.43. The Balaban J connectivity index is 1.92. The van der Waals surface area contributed by atoms with Crippen LogP contribution in [-0.2, 0) is 12.8 Å². The van der Waals surface area contributed by atoms with Crippen LogP contribution in [0.2, 0.25) is 0 Å². The minimum atomic E-state index is 1.19. The van der Waals surface area contributed by atoms with Gasteiger partial charge in [-0.15, -0.1) is 0 Å². The fourth-order valence-electron chi connectivity index (χ4n) is 2.61. The monoisotopic (exact) mass is 228 g/mol. The number of fused-ring (bicyclic) bond motifs is 1. The Hall–Kier alpha value is -1.04. The van der Waals surface area contributed by atoms with Gasteiger partial charge in [0, 0.05) is 0 Å². The Labute approximate surface area is 106 Å². The van der Waals surface area contributed by atoms with E-state index in [0.29, 0.717) is 0 Å². The van der Waals surface area contributed by atoms with Crippen LogP contribution in [-0.4, -0.2) is 0 Å². The summed E-state index contributed by atoms with van der Waals surface area (Å²) in [5, 5.41) is 0. The lowest BCUT2D eigenvalue weighted by atomic mass is 10.0. The molecule has 0 fully saturated rings. The van der Waals surface area contributed by atoms with E-state index in [1.165, 1.54) is 56.1 Å². The van der Waals surface area contributed by atoms with E-state index >= 15 is 0 Å². The van der Waals surface area contributed by atoms with Crippen LogP contribution >= 0.6 is 0 Å². The van der Waals surface area contributed by atoms with Crippen molar-refractivity contribution in [2.24, 2.45) is 0 Å². The van der Waals surface area contributed by atoms with Gasteiger partial charge in [-0.25, -0.2) is 0 Å². The predicted molar refractivity (Wildman–Crippen MR) is 76.3 cm³/mol. The minimum Gasteiger partial charge on any atom is -0.0655 e. The summed E-state index contributed by atoms with van der Waals surface area (Å²) in [5.41, 5.74) is 6.13. The van der Waals surface area contributed by atoms with Gasteiger partial charge in [0.2, 0.25) is 0 Å². The van der Waals surface area contributed by atoms with Gasteiger partial charge in [-0.2, -0.15) is 0 Å². The molecule has 92 valence electrons. The normalized spacial score (nSPS) is 13.6. The molecule has 0 N–H and O–H groups in total. The fraction of sp³-hybridized carbons (Fsp3) is 0.529. The highest BCUT2D eigenvalue weighted by Crippen LogP contribution is 2.27. The summed E-state index contributed by atoms with van der Waals surface area (Å²) in [7, 11) is 0. The molecule has 1 aromatic rings. The van der Waals surface area contributed by atoms with Crippen LogP contribution < -0.4 is 0 Å². The number of allylic oxidation sites excluding steroid dienone is 1. The molecule has 0 saturated carbocycles. The lowest BCUT2D eigenvalue weighted by Crippen LogP contribution is -1.90. The number of rotatable bonds is 6. The summed E-state index contributed by atoms with van der Waals surface area (Å²) < 4.78 is 0. The zero-order valence-electron chi connectivity index (χ0n) is 11.3. The molecule has 0 amide bonds. The van der Waals surface area contributed by atoms with E-state index in [2.05, 4.69) is 38.1 Å². The van der Waals surface area contributed by atoms with Gasteiger partial charge in [-0.05, 0) is 42.4 Å². The van der Waals surface area contributed by atoms with E-state index in [4.69, 9.17) is 0 Å². The third-order valence-electron chi connectivity index (χ3n) is 3.76. The number of unbranched alkanes of at least 4 members (excludes halogenated alkanes) is 3. The first-order chi connectivity index (χ1) is 8.33. The Morgan fingerprint density at radius 2 is 1.94 bits per heavy atom. The maximum atomic E-state index is 2.43. The molecule has 1 aromatic carbocycles. The van der Waals surface area contributed by atoms with E-state index in [9.17, 15) is 0 Å². The second kappa shape index (κ2) is 6.05. The Morgan fingerprint density at radius 1 is 1.06 bits per heavy atom. The van der Waals surface area contributed by atoms with Crippen molar-refractivity contribution in [3.8, 4) is 0 Å². The number of benzene rings is 1. The minimum absolute atomic E-state index is 1.19. The van der Waals surface area contributed by atoms with Crippen molar-refractivity contribution < 1.29 is 0 Å². The molecule has 0 nitrogen and oxygen atoms in total. The largest absolute Gasteiger partial charge is 0.0655 e. The van der Waals surface area contributed by atoms with E-state index in [0.717, 1.165) is 0 Å². The summed E-state index contributed by atoms with van der Waals surface area (Å²) in [4.78, 5) is 0. The Kier molecular flexibility index (Phi) is 4.42. The average molecular weight is 228 g/mol. The molecular weight excluding hydrogens is 204 g/mol. The van der Waals surface area contributed by atoms with Gasteiger partial charge in [0.25, 0.3) is 0 Å². The lowest BCUT2D eigenvalue weighted by Gasteiger charge is -2.05. The molecule has 0 saturated heterocycles. The Bertz CT molecular complexity index is 398. The zero-order chi connectivity index (χ0) is 12.1. The molecule has 0 aromatic heterocycles. The molecule has 0 radical (unpaired) electrons. The van der Waals surface area contributed by atoms with Gasteiger partial charge >= 0.3 is 0 Å². The second-order valence-electron chi connectivity index (χ2n) is 5.18. The third-order valence-corrected chi connectivity index (χ3v) is 3.76. The highest BCUT2D eigenvalue weighted by Gasteiger charge is 2.11. The van der Waals surface area contributed by atoms with E-state index in [-0.39, 0.29) is 0 Å². The van der Waals surface area contributed by atoms with Crippen LogP contribution in [0.3, 0.4) is 0 Å². The van der Waals surface area contributed by atoms with Crippen molar-refractivity contribution in [3.05, 3.63) is 40.5 Å². The Morgan fingerprint density at radius 3 is 2.71 bits per heavy atom. The maximum Gasteiger partial charge on any atom is -0.00578 e. The highest BCUT2D eigenvalue weighted by molar-refractivity contribution is 5.64. The molecule has 0 aliphatic heterocycles. The standard InChI is InChI=1S/C17H24/c1-3-5-6-7-8-15-9-10-16-11-14(4-2)12-17(16)13-15/h9-11,13H,3-8,12H2,1-2H3. The molecule has 0 spiro atoms. The molecule has 0 bridgehead atoms. The van der Waals surface area contributed by atoms with Gasteiger partial charge in [0.05, 0.1) is 0 Å². The second-order valence-corrected chi connectivity index (χ2v) is 5.18. The van der Waals surface area contributed by atoms with Crippen LogP contribution in [0.1, 0.15) is 62.6 Å². The summed E-state index contributed by atoms with van der Waals surface area (Å²) in [6, 6.07) is 7.06. The van der Waals surface area contributed by atoms with Crippen LogP contribution in [0, 0.1) is 0 Å². The quantitative estimate of drug-likeness (QED) is 0.590. The van der Waals surface area contributed by atoms with E-state index in [1.54, 1.807) is 11.1 Å². The molecule has 1 aliphatic rings. The smallest absolute Gasteiger partial charge is 0.00578 e. The van der Waals surface area contributed by atoms with Crippen molar-refractivity contribution in [3.63, 3.8) is 0 Å². The number of hydrogen-bond donors (Lipinski definition) is 0. The van der Waals surface area contributed by atoms with Crippen molar-refractivity contribution in [2.45, 2.75) is 58.8 Å². The van der Waals surface area contributed by atoms with Crippen LogP contribution in [0.5, 0.6) is 0 Å². The molecule has 1 aliphatic carbocycles. The first kappa shape index (κ1) is 12.4. The summed E-state index contributed by atoms with van der Waals surface area (Å²) in [5.74, 6) is 0. The summed E-state index contributed by atoms with van der Waals surface area (Å²) in [6.45, 7) is 4.52. The molecular formula is C17H24. The molecule has 17 heavy (non-hydrogen) atoms. The van der Waals surface area contributed by atoms with Crippen molar-refractivity contribution in [2.75, 3.05) is 0 Å². The SMILES string of the molecule is CCCCCCc1ccc2c(c1)CC(CC)=C2. The summed E-state index contributed by atoms with van der Waals surface area (Å²) in [6.07, 6.45) is 11.5. The molecule has 0 heteroatoms. The fourth-order valence-corrected chi connectivity index (χ4v) is 2.61. The van der Waals surface area contributed by atoms with Gasteiger partial charge < -0.3 is 0 Å². The molecule has 0 unspecified atom stereocenters. The number of hydrogen-bond acceptors (Lipinski definition) is 0. The van der Waals surface area contributed by atoms with Gasteiger partial charge in [0.1, 0.15) is 0 Å². The first-order valence-corrected chi connectivity index (χ1v) is 7.14. The third kappa shape index (κ3) is 3.21. The molecule has 2 rings (SSSR count). The molecule has 0 atom stereocenters. The number of aryl methyl sites for hydroxylation is 1. The van der Waals surface area contributed by atoms with Gasteiger partial charge in [0.15, 0.2) is 0 Å².